The highest BCUT2D eigenvalue weighted by atomic mass is 35.5. The van der Waals surface area contributed by atoms with Crippen molar-refractivity contribution in [3.05, 3.63) is 70.7 Å². The van der Waals surface area contributed by atoms with E-state index in [1.54, 1.807) is 6.07 Å². The van der Waals surface area contributed by atoms with Gasteiger partial charge in [-0.1, -0.05) is 54.1 Å². The maximum atomic E-state index is 11.2. The van der Waals surface area contributed by atoms with Gasteiger partial charge in [-0.3, -0.25) is 5.21 Å². The summed E-state index contributed by atoms with van der Waals surface area (Å²) in [4.78, 5) is 11.2. The zero-order valence-electron chi connectivity index (χ0n) is 10.6. The van der Waals surface area contributed by atoms with Gasteiger partial charge >= 0.3 is 6.09 Å². The summed E-state index contributed by atoms with van der Waals surface area (Å²) in [5.41, 5.74) is 3.26. The lowest BCUT2D eigenvalue weighted by Gasteiger charge is -2.18. The summed E-state index contributed by atoms with van der Waals surface area (Å²) < 4.78 is 5.19. The third-order valence-electron chi connectivity index (χ3n) is 2.82. The maximum Gasteiger partial charge on any atom is 0.431 e. The van der Waals surface area contributed by atoms with E-state index in [0.717, 1.165) is 11.1 Å². The van der Waals surface area contributed by atoms with Crippen LogP contribution in [0.4, 0.5) is 4.79 Å². The van der Waals surface area contributed by atoms with Gasteiger partial charge in [0.15, 0.2) is 0 Å². The van der Waals surface area contributed by atoms with E-state index in [-0.39, 0.29) is 0 Å². The van der Waals surface area contributed by atoms with Crippen LogP contribution in [0.25, 0.3) is 0 Å². The van der Waals surface area contributed by atoms with Crippen molar-refractivity contribution < 1.29 is 14.7 Å². The fraction of sp³-hybridized carbons (Fsp3) is 0.133. The van der Waals surface area contributed by atoms with E-state index in [9.17, 15) is 4.79 Å². The average molecular weight is 292 g/mol. The summed E-state index contributed by atoms with van der Waals surface area (Å²) in [6.45, 7) is 0. The van der Waals surface area contributed by atoms with Gasteiger partial charge in [0.1, 0.15) is 6.10 Å². The molecule has 2 aromatic rings. The molecule has 1 unspecified atom stereocenters. The minimum absolute atomic E-state index is 0.470. The zero-order valence-corrected chi connectivity index (χ0v) is 11.4. The summed E-state index contributed by atoms with van der Waals surface area (Å²) in [5.74, 6) is 0. The predicted molar refractivity (Wildman–Crippen MR) is 75.7 cm³/mol. The highest BCUT2D eigenvalue weighted by molar-refractivity contribution is 6.30. The van der Waals surface area contributed by atoms with Crippen LogP contribution in [0.2, 0.25) is 5.02 Å². The lowest BCUT2D eigenvalue weighted by molar-refractivity contribution is 0.0559. The van der Waals surface area contributed by atoms with Gasteiger partial charge in [-0.25, -0.2) is 10.3 Å². The molecule has 0 radical (unpaired) electrons. The molecule has 0 fully saturated rings. The molecule has 20 heavy (non-hydrogen) atoms. The molecule has 0 aliphatic heterocycles. The van der Waals surface area contributed by atoms with Crippen LogP contribution in [-0.4, -0.2) is 11.3 Å². The Bertz CT molecular complexity index is 574. The number of rotatable bonds is 4. The maximum absolute atomic E-state index is 11.2. The van der Waals surface area contributed by atoms with Crippen LogP contribution in [0.5, 0.6) is 0 Å². The highest BCUT2D eigenvalue weighted by Gasteiger charge is 2.17. The van der Waals surface area contributed by atoms with E-state index in [4.69, 9.17) is 21.5 Å². The summed E-state index contributed by atoms with van der Waals surface area (Å²) in [6.07, 6.45) is -0.916. The minimum atomic E-state index is -0.888. The monoisotopic (exact) mass is 291 g/mol. The second-order valence-corrected chi connectivity index (χ2v) is 4.69. The molecule has 0 bridgehead atoms. The van der Waals surface area contributed by atoms with Gasteiger partial charge in [-0.15, -0.1) is 0 Å². The minimum Gasteiger partial charge on any atom is -0.440 e. The molecule has 0 heterocycles. The third kappa shape index (κ3) is 3.98. The van der Waals surface area contributed by atoms with Gasteiger partial charge in [0.05, 0.1) is 0 Å². The smallest absolute Gasteiger partial charge is 0.431 e. The van der Waals surface area contributed by atoms with Gasteiger partial charge in [0, 0.05) is 11.4 Å². The van der Waals surface area contributed by atoms with Crippen molar-refractivity contribution in [1.82, 2.24) is 5.48 Å². The summed E-state index contributed by atoms with van der Waals surface area (Å²) >= 11 is 5.95. The lowest BCUT2D eigenvalue weighted by Crippen LogP contribution is -2.23. The lowest BCUT2D eigenvalue weighted by atomic mass is 10.0. The molecule has 4 nitrogen and oxygen atoms in total. The van der Waals surface area contributed by atoms with E-state index in [1.807, 2.05) is 48.5 Å². The molecular formula is C15H14ClNO3. The second kappa shape index (κ2) is 6.93. The van der Waals surface area contributed by atoms with E-state index >= 15 is 0 Å². The molecule has 2 rings (SSSR count). The Balaban J connectivity index is 2.20. The van der Waals surface area contributed by atoms with Crippen LogP contribution < -0.4 is 5.48 Å². The van der Waals surface area contributed by atoms with Gasteiger partial charge in [0.25, 0.3) is 0 Å². The predicted octanol–water partition coefficient (Wildman–Crippen LogP) is 3.74. The molecule has 0 spiro atoms. The molecule has 0 aliphatic rings. The Kier molecular flexibility index (Phi) is 4.98. The number of amides is 1. The van der Waals surface area contributed by atoms with Crippen LogP contribution in [0, 0.1) is 0 Å². The molecule has 5 heteroatoms. The van der Waals surface area contributed by atoms with Gasteiger partial charge in [-0.05, 0) is 23.3 Å². The third-order valence-corrected chi connectivity index (χ3v) is 3.06. The number of ether oxygens (including phenoxy) is 1. The van der Waals surface area contributed by atoms with Gasteiger partial charge in [0.2, 0.25) is 0 Å². The molecule has 0 saturated heterocycles. The van der Waals surface area contributed by atoms with E-state index in [1.165, 1.54) is 5.48 Å². The number of benzene rings is 2. The first-order valence-electron chi connectivity index (χ1n) is 6.09. The Morgan fingerprint density at radius 3 is 2.60 bits per heavy atom. The average Bonchev–Trinajstić information content (AvgIpc) is 2.47. The van der Waals surface area contributed by atoms with Crippen LogP contribution in [0.1, 0.15) is 17.2 Å². The molecule has 0 saturated carbocycles. The molecule has 2 N–H and O–H groups in total. The first kappa shape index (κ1) is 14.4. The number of hydrogen-bond donors (Lipinski definition) is 2. The van der Waals surface area contributed by atoms with Crippen LogP contribution in [0.3, 0.4) is 0 Å². The van der Waals surface area contributed by atoms with Crippen LogP contribution in [0.15, 0.2) is 54.6 Å². The van der Waals surface area contributed by atoms with Gasteiger partial charge in [-0.2, -0.15) is 0 Å². The van der Waals surface area contributed by atoms with Crippen molar-refractivity contribution in [3.63, 3.8) is 0 Å². The van der Waals surface area contributed by atoms with Crippen LogP contribution in [-0.2, 0) is 11.2 Å². The number of nitrogens with one attached hydrogen (secondary N) is 1. The molecule has 104 valence electrons. The van der Waals surface area contributed by atoms with Crippen molar-refractivity contribution in [2.45, 2.75) is 12.5 Å². The number of hydroxylamine groups is 1. The molecule has 0 aliphatic carbocycles. The van der Waals surface area contributed by atoms with E-state index in [0.29, 0.717) is 11.4 Å². The normalized spacial score (nSPS) is 11.7. The largest absolute Gasteiger partial charge is 0.440 e. The Morgan fingerprint density at radius 2 is 1.95 bits per heavy atom. The van der Waals surface area contributed by atoms with Crippen molar-refractivity contribution >= 4 is 17.7 Å². The Hall–Kier alpha value is -2.04. The fourth-order valence-corrected chi connectivity index (χ4v) is 2.14. The van der Waals surface area contributed by atoms with Crippen molar-refractivity contribution in [3.8, 4) is 0 Å². The zero-order chi connectivity index (χ0) is 14.4. The molecular weight excluding hydrogens is 278 g/mol. The molecule has 1 atom stereocenters. The first-order chi connectivity index (χ1) is 9.69. The van der Waals surface area contributed by atoms with E-state index < -0.39 is 12.2 Å². The summed E-state index contributed by atoms with van der Waals surface area (Å²) in [5, 5.41) is 9.22. The number of carbonyl (C=O) groups excluding carboxylic acids is 1. The molecule has 0 aromatic heterocycles. The quantitative estimate of drug-likeness (QED) is 0.666. The summed E-state index contributed by atoms with van der Waals surface area (Å²) in [6, 6.07) is 16.7. The standard InChI is InChI=1S/C15H14ClNO3/c16-13-8-4-5-11(9-13)10-14(20-15(18)17-19)12-6-2-1-3-7-12/h1-9,14,19H,10H2,(H,17,18). The highest BCUT2D eigenvalue weighted by Crippen LogP contribution is 2.23. The number of carbonyl (C=O) groups is 1. The van der Waals surface area contributed by atoms with Crippen LogP contribution >= 0.6 is 11.6 Å². The number of halogens is 1. The Morgan fingerprint density at radius 1 is 1.20 bits per heavy atom. The van der Waals surface area contributed by atoms with Gasteiger partial charge < -0.3 is 4.74 Å². The second-order valence-electron chi connectivity index (χ2n) is 4.25. The van der Waals surface area contributed by atoms with Crippen molar-refractivity contribution in [2.24, 2.45) is 0 Å². The topological polar surface area (TPSA) is 58.6 Å². The summed E-state index contributed by atoms with van der Waals surface area (Å²) in [7, 11) is 0. The Labute approximate surface area is 121 Å². The van der Waals surface area contributed by atoms with E-state index in [2.05, 4.69) is 0 Å². The van der Waals surface area contributed by atoms with Crippen molar-refractivity contribution in [2.75, 3.05) is 0 Å². The number of hydrogen-bond acceptors (Lipinski definition) is 3. The van der Waals surface area contributed by atoms with Crippen molar-refractivity contribution in [1.29, 1.82) is 0 Å². The fourth-order valence-electron chi connectivity index (χ4n) is 1.93. The first-order valence-corrected chi connectivity index (χ1v) is 6.47. The SMILES string of the molecule is O=C(NO)OC(Cc1cccc(Cl)c1)c1ccccc1. The molecule has 2 aromatic carbocycles. The molecule has 1 amide bonds.